The van der Waals surface area contributed by atoms with Crippen molar-refractivity contribution in [2.45, 2.75) is 26.4 Å². The topological polar surface area (TPSA) is 53.7 Å². The highest BCUT2D eigenvalue weighted by Gasteiger charge is 2.24. The molecule has 1 amide bonds. The molecule has 0 fully saturated rings. The lowest BCUT2D eigenvalue weighted by Gasteiger charge is -2.27. The predicted octanol–water partition coefficient (Wildman–Crippen LogP) is 3.32. The van der Waals surface area contributed by atoms with E-state index in [2.05, 4.69) is 0 Å². The van der Waals surface area contributed by atoms with Gasteiger partial charge in [0.1, 0.15) is 11.6 Å². The molecular formula is C17H20FNO3. The Hall–Kier alpha value is -2.14. The smallest absolute Gasteiger partial charge is 0.289 e. The first-order chi connectivity index (χ1) is 10.3. The van der Waals surface area contributed by atoms with Crippen LogP contribution in [0.2, 0.25) is 0 Å². The van der Waals surface area contributed by atoms with Crippen molar-refractivity contribution in [2.75, 3.05) is 13.1 Å². The zero-order valence-electron chi connectivity index (χ0n) is 13.0. The third-order valence-electron chi connectivity index (χ3n) is 3.20. The lowest BCUT2D eigenvalue weighted by atomic mass is 10.1. The van der Waals surface area contributed by atoms with Crippen LogP contribution in [0, 0.1) is 5.82 Å². The average Bonchev–Trinajstić information content (AvgIpc) is 2.93. The number of halogens is 1. The van der Waals surface area contributed by atoms with E-state index in [0.717, 1.165) is 0 Å². The molecule has 0 radical (unpaired) electrons. The van der Waals surface area contributed by atoms with E-state index < -0.39 is 11.4 Å². The van der Waals surface area contributed by atoms with Crippen molar-refractivity contribution >= 4 is 5.91 Å². The summed E-state index contributed by atoms with van der Waals surface area (Å²) in [6.07, 6.45) is 0. The van der Waals surface area contributed by atoms with Crippen LogP contribution in [0.3, 0.4) is 0 Å². The average molecular weight is 305 g/mol. The summed E-state index contributed by atoms with van der Waals surface area (Å²) >= 11 is 0. The van der Waals surface area contributed by atoms with Crippen LogP contribution in [0.4, 0.5) is 4.39 Å². The molecule has 0 saturated heterocycles. The van der Waals surface area contributed by atoms with E-state index in [0.29, 0.717) is 17.9 Å². The third kappa shape index (κ3) is 3.74. The number of amides is 1. The first-order valence-corrected chi connectivity index (χ1v) is 7.18. The Labute approximate surface area is 129 Å². The van der Waals surface area contributed by atoms with Crippen LogP contribution in [0.25, 0.3) is 11.3 Å². The number of aliphatic hydroxyl groups is 1. The third-order valence-corrected chi connectivity index (χ3v) is 3.20. The van der Waals surface area contributed by atoms with Crippen LogP contribution in [-0.4, -0.2) is 34.6 Å². The number of carbonyl (C=O) groups excluding carboxylic acids is 1. The van der Waals surface area contributed by atoms with Crippen molar-refractivity contribution in [3.63, 3.8) is 0 Å². The summed E-state index contributed by atoms with van der Waals surface area (Å²) in [4.78, 5) is 13.9. The zero-order valence-corrected chi connectivity index (χ0v) is 13.0. The van der Waals surface area contributed by atoms with Gasteiger partial charge in [-0.2, -0.15) is 0 Å². The van der Waals surface area contributed by atoms with Gasteiger partial charge in [-0.15, -0.1) is 0 Å². The molecule has 0 unspecified atom stereocenters. The number of benzene rings is 1. The molecule has 118 valence electrons. The Morgan fingerprint density at radius 1 is 1.27 bits per heavy atom. The quantitative estimate of drug-likeness (QED) is 0.922. The Morgan fingerprint density at radius 2 is 1.95 bits per heavy atom. The summed E-state index contributed by atoms with van der Waals surface area (Å²) in [5.41, 5.74) is -0.681. The van der Waals surface area contributed by atoms with Gasteiger partial charge in [-0.25, -0.2) is 4.39 Å². The van der Waals surface area contributed by atoms with Gasteiger partial charge in [-0.05, 0) is 45.0 Å². The van der Waals surface area contributed by atoms with Crippen molar-refractivity contribution in [2.24, 2.45) is 0 Å². The summed E-state index contributed by atoms with van der Waals surface area (Å²) in [5, 5.41) is 9.86. The van der Waals surface area contributed by atoms with Gasteiger partial charge in [0.15, 0.2) is 5.76 Å². The minimum Gasteiger partial charge on any atom is -0.451 e. The van der Waals surface area contributed by atoms with Gasteiger partial charge in [0.25, 0.3) is 5.91 Å². The maximum absolute atomic E-state index is 13.7. The number of hydrogen-bond acceptors (Lipinski definition) is 3. The van der Waals surface area contributed by atoms with Crippen LogP contribution in [0.15, 0.2) is 40.8 Å². The molecule has 0 bridgehead atoms. The highest BCUT2D eigenvalue weighted by atomic mass is 19.1. The molecule has 1 heterocycles. The predicted molar refractivity (Wildman–Crippen MR) is 82.0 cm³/mol. The van der Waals surface area contributed by atoms with E-state index in [1.54, 1.807) is 38.1 Å². The molecule has 0 aliphatic heterocycles. The van der Waals surface area contributed by atoms with Gasteiger partial charge < -0.3 is 14.4 Å². The minimum absolute atomic E-state index is 0.129. The number of likely N-dealkylation sites (N-methyl/N-ethyl adjacent to an activating group) is 1. The standard InChI is InChI=1S/C17H20FNO3/c1-4-19(11-17(2,3)21)16(20)15-10-9-14(22-15)12-7-5-6-8-13(12)18/h5-10,21H,4,11H2,1-3H3. The second kappa shape index (κ2) is 6.32. The lowest BCUT2D eigenvalue weighted by Crippen LogP contribution is -2.42. The molecule has 2 rings (SSSR count). The van der Waals surface area contributed by atoms with E-state index in [4.69, 9.17) is 4.42 Å². The first kappa shape index (κ1) is 16.2. The van der Waals surface area contributed by atoms with Crippen molar-refractivity contribution < 1.29 is 18.7 Å². The maximum atomic E-state index is 13.7. The highest BCUT2D eigenvalue weighted by Crippen LogP contribution is 2.25. The van der Waals surface area contributed by atoms with Crippen LogP contribution in [0.1, 0.15) is 31.3 Å². The zero-order chi connectivity index (χ0) is 16.3. The van der Waals surface area contributed by atoms with Crippen molar-refractivity contribution in [1.82, 2.24) is 4.90 Å². The van der Waals surface area contributed by atoms with E-state index in [1.165, 1.54) is 17.0 Å². The largest absolute Gasteiger partial charge is 0.451 e. The molecule has 1 N–H and O–H groups in total. The van der Waals surface area contributed by atoms with Crippen LogP contribution < -0.4 is 0 Å². The van der Waals surface area contributed by atoms with E-state index in [1.807, 2.05) is 6.92 Å². The van der Waals surface area contributed by atoms with E-state index in [9.17, 15) is 14.3 Å². The van der Waals surface area contributed by atoms with Crippen molar-refractivity contribution in [3.8, 4) is 11.3 Å². The first-order valence-electron chi connectivity index (χ1n) is 7.18. The van der Waals surface area contributed by atoms with E-state index >= 15 is 0 Å². The molecule has 2 aromatic rings. The molecule has 0 spiro atoms. The van der Waals surface area contributed by atoms with Crippen LogP contribution >= 0.6 is 0 Å². The molecule has 0 atom stereocenters. The summed E-state index contributed by atoms with van der Waals surface area (Å²) in [5.74, 6) is -0.294. The number of nitrogens with zero attached hydrogens (tertiary/aromatic N) is 1. The van der Waals surface area contributed by atoms with Gasteiger partial charge in [-0.3, -0.25) is 4.79 Å². The highest BCUT2D eigenvalue weighted by molar-refractivity contribution is 5.92. The molecular weight excluding hydrogens is 285 g/mol. The lowest BCUT2D eigenvalue weighted by molar-refractivity contribution is 0.0299. The second-order valence-electron chi connectivity index (χ2n) is 5.78. The van der Waals surface area contributed by atoms with Crippen LogP contribution in [0.5, 0.6) is 0 Å². The summed E-state index contributed by atoms with van der Waals surface area (Å²) in [6.45, 7) is 5.73. The maximum Gasteiger partial charge on any atom is 0.289 e. The fourth-order valence-electron chi connectivity index (χ4n) is 2.21. The summed E-state index contributed by atoms with van der Waals surface area (Å²) in [6, 6.07) is 9.33. The molecule has 5 heteroatoms. The summed E-state index contributed by atoms with van der Waals surface area (Å²) in [7, 11) is 0. The van der Waals surface area contributed by atoms with Crippen LogP contribution in [-0.2, 0) is 0 Å². The minimum atomic E-state index is -0.993. The van der Waals surface area contributed by atoms with E-state index in [-0.39, 0.29) is 18.2 Å². The van der Waals surface area contributed by atoms with Gasteiger partial charge >= 0.3 is 0 Å². The van der Waals surface area contributed by atoms with Crippen molar-refractivity contribution in [1.29, 1.82) is 0 Å². The van der Waals surface area contributed by atoms with Gasteiger partial charge in [0.05, 0.1) is 11.2 Å². The molecule has 0 saturated carbocycles. The fourth-order valence-corrected chi connectivity index (χ4v) is 2.21. The Kier molecular flexibility index (Phi) is 4.66. The Morgan fingerprint density at radius 3 is 2.55 bits per heavy atom. The number of rotatable bonds is 5. The fraction of sp³-hybridized carbons (Fsp3) is 0.353. The molecule has 4 nitrogen and oxygen atoms in total. The van der Waals surface area contributed by atoms with Gasteiger partial charge in [-0.1, -0.05) is 12.1 Å². The molecule has 22 heavy (non-hydrogen) atoms. The van der Waals surface area contributed by atoms with Gasteiger partial charge in [0.2, 0.25) is 0 Å². The van der Waals surface area contributed by atoms with Crippen molar-refractivity contribution in [3.05, 3.63) is 48.0 Å². The van der Waals surface area contributed by atoms with Gasteiger partial charge in [0, 0.05) is 13.1 Å². The number of hydrogen-bond donors (Lipinski definition) is 1. The second-order valence-corrected chi connectivity index (χ2v) is 5.78. The SMILES string of the molecule is CCN(CC(C)(C)O)C(=O)c1ccc(-c2ccccc2F)o1. The normalized spacial score (nSPS) is 11.5. The Bertz CT molecular complexity index is 658. The molecule has 1 aromatic heterocycles. The molecule has 1 aromatic carbocycles. The molecule has 0 aliphatic carbocycles. The molecule has 0 aliphatic rings. The monoisotopic (exact) mass is 305 g/mol. The number of carbonyl (C=O) groups is 1. The summed E-state index contributed by atoms with van der Waals surface area (Å²) < 4.78 is 19.2. The number of furan rings is 1. The Balaban J connectivity index is 2.24.